The van der Waals surface area contributed by atoms with Crippen LogP contribution in [-0.2, 0) is 20.7 Å². The number of nitro groups is 1. The number of carbonyl (C=O) groups is 1. The Labute approximate surface area is 168 Å². The molecule has 1 aromatic carbocycles. The normalized spacial score (nSPS) is 25.7. The molecule has 29 heavy (non-hydrogen) atoms. The molecular formula is C20H26FN3O5. The maximum atomic E-state index is 13.1. The van der Waals surface area contributed by atoms with Crippen LogP contribution in [0.5, 0.6) is 0 Å². The molecule has 158 valence electrons. The quantitative estimate of drug-likeness (QED) is 0.386. The van der Waals surface area contributed by atoms with E-state index in [1.54, 1.807) is 26.0 Å². The molecule has 0 spiro atoms. The summed E-state index contributed by atoms with van der Waals surface area (Å²) in [4.78, 5) is 23.9. The van der Waals surface area contributed by atoms with Gasteiger partial charge in [0, 0.05) is 26.1 Å². The molecule has 2 aliphatic rings. The van der Waals surface area contributed by atoms with Crippen molar-refractivity contribution < 1.29 is 23.6 Å². The van der Waals surface area contributed by atoms with E-state index >= 15 is 0 Å². The van der Waals surface area contributed by atoms with Crippen LogP contribution >= 0.6 is 0 Å². The molecule has 0 saturated heterocycles. The second-order valence-electron chi connectivity index (χ2n) is 7.35. The Bertz CT molecular complexity index is 820. The van der Waals surface area contributed by atoms with Gasteiger partial charge in [0.25, 0.3) is 5.70 Å². The van der Waals surface area contributed by atoms with Gasteiger partial charge in [-0.1, -0.05) is 12.1 Å². The number of ether oxygens (including phenoxy) is 2. The van der Waals surface area contributed by atoms with Gasteiger partial charge in [0.05, 0.1) is 10.6 Å². The molecular weight excluding hydrogens is 381 g/mol. The number of nitrogens with two attached hydrogens (primary N) is 1. The lowest BCUT2D eigenvalue weighted by molar-refractivity contribution is -0.455. The van der Waals surface area contributed by atoms with E-state index in [9.17, 15) is 19.3 Å². The largest absolute Gasteiger partial charge is 0.361 e. The number of nitrogens with one attached hydrogen (secondary N) is 1. The third-order valence-electron chi connectivity index (χ3n) is 5.49. The molecule has 2 bridgehead atoms. The standard InChI is InChI=1S/C20H26FN3O5/c1-3-28-20(29-4-2)16-11-15(25)12-19(20,22)23-17(18(16)24(26)27)10-7-13-5-8-14(21)9-6-13/h5-6,8-9,16,23H,3-4,7,10-12,22H2,1-2H3. The zero-order valence-corrected chi connectivity index (χ0v) is 16.6. The summed E-state index contributed by atoms with van der Waals surface area (Å²) in [6.45, 7) is 3.95. The number of carbonyl (C=O) groups excluding carboxylic acids is 1. The Morgan fingerprint density at radius 1 is 1.24 bits per heavy atom. The van der Waals surface area contributed by atoms with Gasteiger partial charge in [-0.05, 0) is 44.4 Å². The fourth-order valence-electron chi connectivity index (χ4n) is 4.41. The van der Waals surface area contributed by atoms with Crippen LogP contribution in [0.4, 0.5) is 4.39 Å². The van der Waals surface area contributed by atoms with Crippen LogP contribution in [0.1, 0.15) is 38.7 Å². The van der Waals surface area contributed by atoms with E-state index in [0.717, 1.165) is 5.56 Å². The lowest BCUT2D eigenvalue weighted by Gasteiger charge is -2.55. The van der Waals surface area contributed by atoms with E-state index in [1.165, 1.54) is 12.1 Å². The molecule has 8 nitrogen and oxygen atoms in total. The third-order valence-corrected chi connectivity index (χ3v) is 5.49. The highest BCUT2D eigenvalue weighted by atomic mass is 19.1. The molecule has 1 fully saturated rings. The molecule has 1 aromatic rings. The van der Waals surface area contributed by atoms with E-state index in [0.29, 0.717) is 18.5 Å². The maximum absolute atomic E-state index is 13.1. The average molecular weight is 407 g/mol. The number of hydrogen-bond donors (Lipinski definition) is 2. The van der Waals surface area contributed by atoms with E-state index in [2.05, 4.69) is 5.32 Å². The first kappa shape index (κ1) is 21.4. The van der Waals surface area contributed by atoms with Crippen molar-refractivity contribution in [3.63, 3.8) is 0 Å². The molecule has 1 aliphatic heterocycles. The summed E-state index contributed by atoms with van der Waals surface area (Å²) < 4.78 is 24.9. The van der Waals surface area contributed by atoms with E-state index in [-0.39, 0.29) is 43.4 Å². The van der Waals surface area contributed by atoms with Crippen LogP contribution in [0.25, 0.3) is 0 Å². The molecule has 1 aliphatic carbocycles. The van der Waals surface area contributed by atoms with Gasteiger partial charge >= 0.3 is 0 Å². The van der Waals surface area contributed by atoms with Crippen molar-refractivity contribution in [3.8, 4) is 0 Å². The van der Waals surface area contributed by atoms with Crippen molar-refractivity contribution in [2.75, 3.05) is 13.2 Å². The van der Waals surface area contributed by atoms with Crippen LogP contribution in [0.15, 0.2) is 35.7 Å². The van der Waals surface area contributed by atoms with E-state index in [4.69, 9.17) is 15.2 Å². The predicted octanol–water partition coefficient (Wildman–Crippen LogP) is 2.25. The van der Waals surface area contributed by atoms with Crippen molar-refractivity contribution >= 4 is 5.78 Å². The number of aryl methyl sites for hydroxylation is 1. The zero-order chi connectivity index (χ0) is 21.2. The van der Waals surface area contributed by atoms with Gasteiger partial charge in [-0.2, -0.15) is 0 Å². The van der Waals surface area contributed by atoms with Crippen molar-refractivity contribution in [1.82, 2.24) is 5.32 Å². The fourth-order valence-corrected chi connectivity index (χ4v) is 4.41. The Morgan fingerprint density at radius 2 is 1.86 bits per heavy atom. The summed E-state index contributed by atoms with van der Waals surface area (Å²) in [5.41, 5.74) is 6.23. The Hall–Kier alpha value is -2.36. The van der Waals surface area contributed by atoms with Gasteiger partial charge < -0.3 is 20.5 Å². The number of allylic oxidation sites excluding steroid dienone is 1. The molecule has 3 rings (SSSR count). The van der Waals surface area contributed by atoms with E-state index in [1.807, 2.05) is 0 Å². The number of fused-ring (bicyclic) bond motifs is 2. The number of nitrogens with zero attached hydrogens (tertiary/aromatic N) is 1. The van der Waals surface area contributed by atoms with Gasteiger partial charge in [0.2, 0.25) is 5.79 Å². The Balaban J connectivity index is 2.03. The molecule has 0 radical (unpaired) electrons. The van der Waals surface area contributed by atoms with Crippen molar-refractivity contribution in [3.05, 3.63) is 57.2 Å². The van der Waals surface area contributed by atoms with Crippen molar-refractivity contribution in [2.24, 2.45) is 11.7 Å². The van der Waals surface area contributed by atoms with Crippen LogP contribution in [0.3, 0.4) is 0 Å². The Morgan fingerprint density at radius 3 is 2.41 bits per heavy atom. The highest BCUT2D eigenvalue weighted by Crippen LogP contribution is 2.49. The topological polar surface area (TPSA) is 117 Å². The molecule has 3 N–H and O–H groups in total. The molecule has 2 atom stereocenters. The number of Topliss-reactive ketones (excluding diaryl/α,β-unsaturated/α-hetero) is 1. The number of halogens is 1. The minimum atomic E-state index is -1.51. The van der Waals surface area contributed by atoms with Crippen LogP contribution < -0.4 is 11.1 Å². The van der Waals surface area contributed by atoms with Gasteiger partial charge in [0.15, 0.2) is 0 Å². The smallest absolute Gasteiger partial charge is 0.274 e. The maximum Gasteiger partial charge on any atom is 0.274 e. The van der Waals surface area contributed by atoms with Crippen LogP contribution in [0.2, 0.25) is 0 Å². The summed E-state index contributed by atoms with van der Waals surface area (Å²) in [6.07, 6.45) is 0.610. The number of hydrogen-bond acceptors (Lipinski definition) is 7. The molecule has 0 amide bonds. The van der Waals surface area contributed by atoms with Gasteiger partial charge in [0.1, 0.15) is 23.2 Å². The number of benzene rings is 1. The fraction of sp³-hybridized carbons (Fsp3) is 0.550. The minimum Gasteiger partial charge on any atom is -0.361 e. The van der Waals surface area contributed by atoms with Gasteiger partial charge in [-0.3, -0.25) is 14.9 Å². The first-order valence-electron chi connectivity index (χ1n) is 9.75. The van der Waals surface area contributed by atoms with Crippen LogP contribution in [0, 0.1) is 21.8 Å². The van der Waals surface area contributed by atoms with Gasteiger partial charge in [-0.15, -0.1) is 0 Å². The number of ketones is 1. The summed E-state index contributed by atoms with van der Waals surface area (Å²) >= 11 is 0. The van der Waals surface area contributed by atoms with Crippen LogP contribution in [-0.4, -0.2) is 35.4 Å². The molecule has 1 saturated carbocycles. The molecule has 0 aromatic heterocycles. The summed E-state index contributed by atoms with van der Waals surface area (Å²) in [5.74, 6) is -2.96. The first-order chi connectivity index (χ1) is 13.8. The summed E-state index contributed by atoms with van der Waals surface area (Å²) in [7, 11) is 0. The first-order valence-corrected chi connectivity index (χ1v) is 9.75. The predicted molar refractivity (Wildman–Crippen MR) is 103 cm³/mol. The summed E-state index contributed by atoms with van der Waals surface area (Å²) in [6, 6.07) is 5.97. The highest BCUT2D eigenvalue weighted by Gasteiger charge is 2.67. The average Bonchev–Trinajstić information content (AvgIpc) is 2.63. The molecule has 2 unspecified atom stereocenters. The van der Waals surface area contributed by atoms with Crippen molar-refractivity contribution in [2.45, 2.75) is 51.0 Å². The zero-order valence-electron chi connectivity index (χ0n) is 16.6. The third kappa shape index (κ3) is 3.77. The van der Waals surface area contributed by atoms with E-state index < -0.39 is 22.3 Å². The SMILES string of the molecule is CCOC1(OCC)C2CC(=O)CC1(N)NC(CCc1ccc(F)cc1)=C2[N+](=O)[O-]. The second kappa shape index (κ2) is 8.17. The highest BCUT2D eigenvalue weighted by molar-refractivity contribution is 5.82. The summed E-state index contributed by atoms with van der Waals surface area (Å²) in [5, 5.41) is 15.1. The number of rotatable bonds is 8. The second-order valence-corrected chi connectivity index (χ2v) is 7.35. The lowest BCUT2D eigenvalue weighted by atomic mass is 9.69. The van der Waals surface area contributed by atoms with Crippen molar-refractivity contribution in [1.29, 1.82) is 0 Å². The van der Waals surface area contributed by atoms with Gasteiger partial charge in [-0.25, -0.2) is 4.39 Å². The Kier molecular flexibility index (Phi) is 6.02. The monoisotopic (exact) mass is 407 g/mol. The molecule has 1 heterocycles. The molecule has 9 heteroatoms. The lowest BCUT2D eigenvalue weighted by Crippen LogP contribution is -2.78. The minimum absolute atomic E-state index is 0.0610.